The number of carbonyl (C=O) groups is 1. The highest BCUT2D eigenvalue weighted by Gasteiger charge is 2.20. The van der Waals surface area contributed by atoms with E-state index in [1.807, 2.05) is 0 Å². The Labute approximate surface area is 95.7 Å². The number of benzene rings is 1. The van der Waals surface area contributed by atoms with Crippen molar-refractivity contribution in [3.63, 3.8) is 0 Å². The summed E-state index contributed by atoms with van der Waals surface area (Å²) in [7, 11) is 1.41. The van der Waals surface area contributed by atoms with Gasteiger partial charge < -0.3 is 10.7 Å². The zero-order valence-corrected chi connectivity index (χ0v) is 9.04. The van der Waals surface area contributed by atoms with Gasteiger partial charge in [0.15, 0.2) is 0 Å². The van der Waals surface area contributed by atoms with Crippen molar-refractivity contribution in [2.24, 2.45) is 5.84 Å². The molecule has 0 bridgehead atoms. The lowest BCUT2D eigenvalue weighted by Crippen LogP contribution is -2.18. The summed E-state index contributed by atoms with van der Waals surface area (Å²) in [5.74, 6) is 4.64. The third kappa shape index (κ3) is 2.20. The molecular formula is C8H9ClN4O3. The zero-order chi connectivity index (χ0) is 12.3. The van der Waals surface area contributed by atoms with Gasteiger partial charge in [-0.25, -0.2) is 0 Å². The van der Waals surface area contributed by atoms with E-state index in [1.165, 1.54) is 13.1 Å². The molecule has 0 saturated heterocycles. The number of nitrogens with zero attached hydrogens (tertiary/aromatic N) is 1. The van der Waals surface area contributed by atoms with Crippen LogP contribution in [-0.2, 0) is 0 Å². The Morgan fingerprint density at radius 3 is 2.62 bits per heavy atom. The van der Waals surface area contributed by atoms with Crippen molar-refractivity contribution in [1.29, 1.82) is 0 Å². The molecule has 7 nitrogen and oxygen atoms in total. The summed E-state index contributed by atoms with van der Waals surface area (Å²) in [6, 6.07) is 2.39. The van der Waals surface area contributed by atoms with E-state index >= 15 is 0 Å². The lowest BCUT2D eigenvalue weighted by Gasteiger charge is -2.06. The Morgan fingerprint density at radius 2 is 2.19 bits per heavy atom. The number of halogens is 1. The Hall–Kier alpha value is -1.86. The second-order valence-electron chi connectivity index (χ2n) is 2.83. The van der Waals surface area contributed by atoms with Gasteiger partial charge in [0, 0.05) is 18.7 Å². The number of hydrogen-bond donors (Lipinski definition) is 3. The molecule has 1 aromatic carbocycles. The molecule has 0 aliphatic heterocycles. The molecule has 16 heavy (non-hydrogen) atoms. The molecule has 0 saturated carbocycles. The summed E-state index contributed by atoms with van der Waals surface area (Å²) < 4.78 is 0. The van der Waals surface area contributed by atoms with Crippen molar-refractivity contribution >= 4 is 28.9 Å². The molecule has 86 valence electrons. The molecule has 0 spiro atoms. The van der Waals surface area contributed by atoms with Gasteiger partial charge in [-0.1, -0.05) is 11.6 Å². The minimum Gasteiger partial charge on any atom is -0.355 e. The lowest BCUT2D eigenvalue weighted by molar-refractivity contribution is -0.384. The molecular weight excluding hydrogens is 236 g/mol. The number of hydrazine groups is 1. The number of anilines is 1. The van der Waals surface area contributed by atoms with E-state index in [4.69, 9.17) is 17.4 Å². The number of nitrogens with two attached hydrogens (primary N) is 1. The number of hydrogen-bond acceptors (Lipinski definition) is 5. The molecule has 4 N–H and O–H groups in total. The summed E-state index contributed by atoms with van der Waals surface area (Å²) in [6.07, 6.45) is 0. The first kappa shape index (κ1) is 12.2. The largest absolute Gasteiger partial charge is 0.355 e. The van der Waals surface area contributed by atoms with Crippen molar-refractivity contribution < 1.29 is 9.72 Å². The Kier molecular flexibility index (Phi) is 3.64. The van der Waals surface area contributed by atoms with E-state index in [1.54, 1.807) is 0 Å². The van der Waals surface area contributed by atoms with Gasteiger partial charge in [0.25, 0.3) is 11.6 Å². The summed E-state index contributed by atoms with van der Waals surface area (Å²) in [4.78, 5) is 21.3. The van der Waals surface area contributed by atoms with Crippen LogP contribution in [0.1, 0.15) is 10.4 Å². The van der Waals surface area contributed by atoms with Gasteiger partial charge in [0.05, 0.1) is 9.95 Å². The molecule has 0 aromatic heterocycles. The smallest absolute Gasteiger partial charge is 0.295 e. The first-order valence-corrected chi connectivity index (χ1v) is 4.55. The average molecular weight is 245 g/mol. The minimum absolute atomic E-state index is 0.00954. The second kappa shape index (κ2) is 4.77. The maximum Gasteiger partial charge on any atom is 0.295 e. The molecule has 0 fully saturated rings. The van der Waals surface area contributed by atoms with Crippen molar-refractivity contribution in [1.82, 2.24) is 5.32 Å². The fourth-order valence-corrected chi connectivity index (χ4v) is 1.42. The van der Waals surface area contributed by atoms with Crippen LogP contribution in [0, 0.1) is 10.1 Å². The highest BCUT2D eigenvalue weighted by atomic mass is 35.5. The molecule has 1 rings (SSSR count). The van der Waals surface area contributed by atoms with E-state index in [0.29, 0.717) is 0 Å². The van der Waals surface area contributed by atoms with Crippen LogP contribution in [0.25, 0.3) is 0 Å². The maximum atomic E-state index is 11.3. The molecule has 8 heteroatoms. The highest BCUT2D eigenvalue weighted by Crippen LogP contribution is 2.32. The van der Waals surface area contributed by atoms with Crippen LogP contribution >= 0.6 is 11.6 Å². The summed E-state index contributed by atoms with van der Waals surface area (Å²) >= 11 is 5.75. The van der Waals surface area contributed by atoms with E-state index in [2.05, 4.69) is 10.7 Å². The number of rotatable bonds is 3. The topological polar surface area (TPSA) is 110 Å². The van der Waals surface area contributed by atoms with Crippen LogP contribution in [-0.4, -0.2) is 17.9 Å². The van der Waals surface area contributed by atoms with Gasteiger partial charge in [-0.2, -0.15) is 0 Å². The van der Waals surface area contributed by atoms with Gasteiger partial charge in [-0.15, -0.1) is 0 Å². The molecule has 0 unspecified atom stereocenters. The molecule has 0 aliphatic rings. The zero-order valence-electron chi connectivity index (χ0n) is 8.28. The van der Waals surface area contributed by atoms with Crippen LogP contribution in [0.2, 0.25) is 5.02 Å². The number of nitrogen functional groups attached to an aromatic ring is 1. The first-order chi connectivity index (χ1) is 7.51. The van der Waals surface area contributed by atoms with Crippen LogP contribution in [0.3, 0.4) is 0 Å². The van der Waals surface area contributed by atoms with Gasteiger partial charge >= 0.3 is 0 Å². The second-order valence-corrected chi connectivity index (χ2v) is 3.24. The first-order valence-electron chi connectivity index (χ1n) is 4.18. The van der Waals surface area contributed by atoms with Crippen LogP contribution in [0.15, 0.2) is 12.1 Å². The molecule has 1 aromatic rings. The van der Waals surface area contributed by atoms with Crippen LogP contribution in [0.4, 0.5) is 11.4 Å². The van der Waals surface area contributed by atoms with Crippen LogP contribution < -0.4 is 16.6 Å². The van der Waals surface area contributed by atoms with Gasteiger partial charge in [-0.3, -0.25) is 20.8 Å². The Bertz CT molecular complexity index is 449. The van der Waals surface area contributed by atoms with E-state index in [9.17, 15) is 14.9 Å². The fourth-order valence-electron chi connectivity index (χ4n) is 1.15. The van der Waals surface area contributed by atoms with E-state index in [-0.39, 0.29) is 22.0 Å². The molecule has 0 aliphatic carbocycles. The minimum atomic E-state index is -0.673. The fraction of sp³-hybridized carbons (Fsp3) is 0.125. The number of nitro benzene ring substituents is 1. The van der Waals surface area contributed by atoms with E-state index in [0.717, 1.165) is 6.07 Å². The van der Waals surface area contributed by atoms with Crippen molar-refractivity contribution in [2.75, 3.05) is 12.5 Å². The number of carbonyl (C=O) groups excluding carboxylic acids is 1. The third-order valence-electron chi connectivity index (χ3n) is 1.90. The van der Waals surface area contributed by atoms with Gasteiger partial charge in [-0.05, 0) is 6.07 Å². The molecule has 1 amide bonds. The van der Waals surface area contributed by atoms with Crippen LogP contribution in [0.5, 0.6) is 0 Å². The summed E-state index contributed by atoms with van der Waals surface area (Å²) in [6.45, 7) is 0. The van der Waals surface area contributed by atoms with Gasteiger partial charge in [0.1, 0.15) is 5.69 Å². The maximum absolute atomic E-state index is 11.3. The number of amides is 1. The van der Waals surface area contributed by atoms with Crippen molar-refractivity contribution in [3.05, 3.63) is 32.8 Å². The normalized spacial score (nSPS) is 9.69. The average Bonchev–Trinajstić information content (AvgIpc) is 2.26. The number of nitrogens with one attached hydrogen (secondary N) is 2. The molecule has 0 heterocycles. The van der Waals surface area contributed by atoms with E-state index < -0.39 is 10.8 Å². The monoisotopic (exact) mass is 244 g/mol. The summed E-state index contributed by atoms with van der Waals surface area (Å²) in [5, 5.41) is 13.1. The quantitative estimate of drug-likeness (QED) is 0.416. The summed E-state index contributed by atoms with van der Waals surface area (Å²) in [5.41, 5.74) is 1.84. The Morgan fingerprint density at radius 1 is 1.56 bits per heavy atom. The van der Waals surface area contributed by atoms with Crippen molar-refractivity contribution in [3.8, 4) is 0 Å². The Balaban J connectivity index is 3.39. The molecule has 0 radical (unpaired) electrons. The third-order valence-corrected chi connectivity index (χ3v) is 2.20. The number of nitro groups is 1. The SMILES string of the molecule is CNC(=O)c1cc(Cl)c(NN)c([N+](=O)[O-])c1. The highest BCUT2D eigenvalue weighted by molar-refractivity contribution is 6.34. The lowest BCUT2D eigenvalue weighted by atomic mass is 10.1. The van der Waals surface area contributed by atoms with Gasteiger partial charge in [0.2, 0.25) is 0 Å². The molecule has 0 atom stereocenters. The predicted molar refractivity (Wildman–Crippen MR) is 59.3 cm³/mol. The predicted octanol–water partition coefficient (Wildman–Crippen LogP) is 0.893. The standard InChI is InChI=1S/C8H9ClN4O3/c1-11-8(14)4-2-5(9)7(12-10)6(3-4)13(15)16/h2-3,12H,10H2,1H3,(H,11,14). The van der Waals surface area contributed by atoms with Crippen molar-refractivity contribution in [2.45, 2.75) is 0 Å².